The summed E-state index contributed by atoms with van der Waals surface area (Å²) in [5, 5.41) is 2.85. The van der Waals surface area contributed by atoms with E-state index >= 15 is 0 Å². The zero-order valence-corrected chi connectivity index (χ0v) is 19.0. The van der Waals surface area contributed by atoms with Gasteiger partial charge < -0.3 is 15.0 Å². The van der Waals surface area contributed by atoms with Crippen molar-refractivity contribution in [1.82, 2.24) is 10.2 Å². The Bertz CT molecular complexity index is 1010. The number of carbonyl (C=O) groups is 3. The van der Waals surface area contributed by atoms with Crippen molar-refractivity contribution in [3.63, 3.8) is 0 Å². The Morgan fingerprint density at radius 3 is 2.34 bits per heavy atom. The van der Waals surface area contributed by atoms with E-state index < -0.39 is 23.7 Å². The minimum Gasteiger partial charge on any atom is -0.458 e. The average Bonchev–Trinajstić information content (AvgIpc) is 2.73. The molecule has 0 aliphatic carbocycles. The van der Waals surface area contributed by atoms with E-state index in [2.05, 4.69) is 5.32 Å². The second kappa shape index (κ2) is 9.81. The highest BCUT2D eigenvalue weighted by molar-refractivity contribution is 5.86. The number of carbonyl (C=O) groups excluding carboxylic acids is 3. The molecule has 6 nitrogen and oxygen atoms in total. The van der Waals surface area contributed by atoms with E-state index in [9.17, 15) is 14.4 Å². The third-order valence-corrected chi connectivity index (χ3v) is 5.16. The van der Waals surface area contributed by atoms with Gasteiger partial charge in [-0.15, -0.1) is 0 Å². The van der Waals surface area contributed by atoms with E-state index in [0.29, 0.717) is 6.42 Å². The smallest absolute Gasteiger partial charge is 0.329 e. The number of fused-ring (bicyclic) bond motifs is 1. The molecule has 1 heterocycles. The van der Waals surface area contributed by atoms with E-state index in [1.807, 2.05) is 60.7 Å². The fourth-order valence-corrected chi connectivity index (χ4v) is 3.76. The topological polar surface area (TPSA) is 75.7 Å². The van der Waals surface area contributed by atoms with Crippen LogP contribution in [0.15, 0.2) is 60.8 Å². The summed E-state index contributed by atoms with van der Waals surface area (Å²) in [6.45, 7) is 6.86. The third-order valence-electron chi connectivity index (χ3n) is 5.16. The molecule has 168 valence electrons. The van der Waals surface area contributed by atoms with Gasteiger partial charge in [-0.05, 0) is 43.5 Å². The molecule has 0 radical (unpaired) electrons. The highest BCUT2D eigenvalue weighted by Crippen LogP contribution is 2.32. The van der Waals surface area contributed by atoms with Gasteiger partial charge in [-0.2, -0.15) is 0 Å². The van der Waals surface area contributed by atoms with Crippen LogP contribution in [0.3, 0.4) is 0 Å². The van der Waals surface area contributed by atoms with Gasteiger partial charge in [0.15, 0.2) is 0 Å². The SMILES string of the molecule is CC(=O)N1C=Cc2ccccc2[C@@H]1CC(=O)N[C@H](Cc1ccccc1)C(=O)OC(C)(C)C. The van der Waals surface area contributed by atoms with Crippen LogP contribution in [-0.2, 0) is 25.5 Å². The van der Waals surface area contributed by atoms with Gasteiger partial charge in [-0.1, -0.05) is 54.6 Å². The van der Waals surface area contributed by atoms with Crippen molar-refractivity contribution in [3.8, 4) is 0 Å². The molecule has 0 bridgehead atoms. The molecule has 1 aliphatic heterocycles. The molecule has 0 spiro atoms. The van der Waals surface area contributed by atoms with Crippen LogP contribution in [-0.4, -0.2) is 34.3 Å². The number of nitrogens with zero attached hydrogens (tertiary/aromatic N) is 1. The van der Waals surface area contributed by atoms with E-state index in [1.165, 1.54) is 6.92 Å². The maximum absolute atomic E-state index is 13.1. The summed E-state index contributed by atoms with van der Waals surface area (Å²) in [7, 11) is 0. The standard InChI is InChI=1S/C26H30N2O4/c1-18(29)28-15-14-20-12-8-9-13-21(20)23(28)17-24(30)27-22(25(31)32-26(2,3)4)16-19-10-6-5-7-11-19/h5-15,22-23H,16-17H2,1-4H3,(H,27,30)/t22-,23+/m1/s1. The molecular weight excluding hydrogens is 404 g/mol. The molecule has 2 aromatic carbocycles. The van der Waals surface area contributed by atoms with Gasteiger partial charge in [-0.25, -0.2) is 4.79 Å². The molecule has 0 saturated carbocycles. The maximum Gasteiger partial charge on any atom is 0.329 e. The zero-order chi connectivity index (χ0) is 23.3. The quantitative estimate of drug-likeness (QED) is 0.697. The normalized spacial score (nSPS) is 16.1. The van der Waals surface area contributed by atoms with Gasteiger partial charge in [0.25, 0.3) is 0 Å². The van der Waals surface area contributed by atoms with Crippen LogP contribution in [0.5, 0.6) is 0 Å². The Morgan fingerprint density at radius 2 is 1.69 bits per heavy atom. The largest absolute Gasteiger partial charge is 0.458 e. The van der Waals surface area contributed by atoms with Gasteiger partial charge in [0, 0.05) is 19.5 Å². The van der Waals surface area contributed by atoms with Crippen molar-refractivity contribution in [2.75, 3.05) is 0 Å². The summed E-state index contributed by atoms with van der Waals surface area (Å²) in [4.78, 5) is 39.7. The van der Waals surface area contributed by atoms with Crippen LogP contribution in [0.25, 0.3) is 6.08 Å². The van der Waals surface area contributed by atoms with E-state index in [1.54, 1.807) is 31.9 Å². The molecule has 0 aromatic heterocycles. The minimum atomic E-state index is -0.829. The van der Waals surface area contributed by atoms with Crippen molar-refractivity contribution < 1.29 is 19.1 Å². The minimum absolute atomic E-state index is 0.0367. The molecule has 0 unspecified atom stereocenters. The monoisotopic (exact) mass is 434 g/mol. The van der Waals surface area contributed by atoms with Gasteiger partial charge in [-0.3, -0.25) is 9.59 Å². The van der Waals surface area contributed by atoms with Gasteiger partial charge >= 0.3 is 5.97 Å². The van der Waals surface area contributed by atoms with Crippen LogP contribution >= 0.6 is 0 Å². The number of hydrogen-bond acceptors (Lipinski definition) is 4. The molecule has 3 rings (SSSR count). The summed E-state index contributed by atoms with van der Waals surface area (Å²) < 4.78 is 5.55. The molecule has 6 heteroatoms. The van der Waals surface area contributed by atoms with E-state index in [-0.39, 0.29) is 18.2 Å². The zero-order valence-electron chi connectivity index (χ0n) is 19.0. The van der Waals surface area contributed by atoms with Crippen LogP contribution in [0.2, 0.25) is 0 Å². The first-order valence-electron chi connectivity index (χ1n) is 10.8. The Hall–Kier alpha value is -3.41. The van der Waals surface area contributed by atoms with Crippen LogP contribution < -0.4 is 5.32 Å². The molecule has 1 N–H and O–H groups in total. The molecule has 2 atom stereocenters. The van der Waals surface area contributed by atoms with Crippen molar-refractivity contribution in [1.29, 1.82) is 0 Å². The van der Waals surface area contributed by atoms with Gasteiger partial charge in [0.1, 0.15) is 11.6 Å². The summed E-state index contributed by atoms with van der Waals surface area (Å²) in [6, 6.07) is 15.9. The van der Waals surface area contributed by atoms with Gasteiger partial charge in [0.05, 0.1) is 12.5 Å². The lowest BCUT2D eigenvalue weighted by Crippen LogP contribution is -2.46. The highest BCUT2D eigenvalue weighted by Gasteiger charge is 2.31. The molecule has 2 amide bonds. The number of benzene rings is 2. The third kappa shape index (κ3) is 6.06. The number of hydrogen-bond donors (Lipinski definition) is 1. The predicted octanol–water partition coefficient (Wildman–Crippen LogP) is 4.02. The molecular formula is C26H30N2O4. The Labute approximate surface area is 189 Å². The van der Waals surface area contributed by atoms with Crippen molar-refractivity contribution in [2.45, 2.75) is 58.2 Å². The lowest BCUT2D eigenvalue weighted by Gasteiger charge is -2.32. The molecule has 2 aromatic rings. The highest BCUT2D eigenvalue weighted by atomic mass is 16.6. The molecule has 0 fully saturated rings. The summed E-state index contributed by atoms with van der Waals surface area (Å²) in [5.74, 6) is -0.957. The second-order valence-corrected chi connectivity index (χ2v) is 8.93. The second-order valence-electron chi connectivity index (χ2n) is 8.93. The number of rotatable bonds is 6. The average molecular weight is 435 g/mol. The van der Waals surface area contributed by atoms with Crippen LogP contribution in [0.4, 0.5) is 0 Å². The fourth-order valence-electron chi connectivity index (χ4n) is 3.76. The first kappa shape index (κ1) is 23.3. The van der Waals surface area contributed by atoms with E-state index in [4.69, 9.17) is 4.74 Å². The van der Waals surface area contributed by atoms with Crippen LogP contribution in [0.1, 0.15) is 56.8 Å². The number of amides is 2. The fraction of sp³-hybridized carbons (Fsp3) is 0.346. The first-order valence-corrected chi connectivity index (χ1v) is 10.8. The maximum atomic E-state index is 13.1. The van der Waals surface area contributed by atoms with Crippen molar-refractivity contribution in [3.05, 3.63) is 77.5 Å². The summed E-state index contributed by atoms with van der Waals surface area (Å²) in [5.41, 5.74) is 2.11. The summed E-state index contributed by atoms with van der Waals surface area (Å²) >= 11 is 0. The van der Waals surface area contributed by atoms with Crippen molar-refractivity contribution in [2.24, 2.45) is 0 Å². The van der Waals surface area contributed by atoms with Gasteiger partial charge in [0.2, 0.25) is 11.8 Å². The predicted molar refractivity (Wildman–Crippen MR) is 123 cm³/mol. The lowest BCUT2D eigenvalue weighted by molar-refractivity contribution is -0.158. The number of nitrogens with one attached hydrogen (secondary N) is 1. The molecule has 32 heavy (non-hydrogen) atoms. The van der Waals surface area contributed by atoms with Crippen LogP contribution in [0, 0.1) is 0 Å². The Kier molecular flexibility index (Phi) is 7.13. The number of esters is 1. The lowest BCUT2D eigenvalue weighted by atomic mass is 9.93. The Morgan fingerprint density at radius 1 is 1.03 bits per heavy atom. The van der Waals surface area contributed by atoms with E-state index in [0.717, 1.165) is 16.7 Å². The van der Waals surface area contributed by atoms with Crippen molar-refractivity contribution >= 4 is 23.9 Å². The summed E-state index contributed by atoms with van der Waals surface area (Å²) in [6.07, 6.45) is 3.93. The number of ether oxygens (including phenoxy) is 1. The first-order chi connectivity index (χ1) is 15.1. The Balaban J connectivity index is 1.79. The molecule has 0 saturated heterocycles. The molecule has 1 aliphatic rings.